The summed E-state index contributed by atoms with van der Waals surface area (Å²) in [4.78, 5) is 8.53. The molecule has 0 radical (unpaired) electrons. The SMILES string of the molecule is Cc1cc(OC(C)C)nc(NC(C)CN)n1. The molecule has 0 amide bonds. The van der Waals surface area contributed by atoms with E-state index < -0.39 is 0 Å². The van der Waals surface area contributed by atoms with E-state index in [1.807, 2.05) is 33.8 Å². The summed E-state index contributed by atoms with van der Waals surface area (Å²) in [5.41, 5.74) is 6.40. The van der Waals surface area contributed by atoms with E-state index in [0.717, 1.165) is 5.69 Å². The molecular weight excluding hydrogens is 204 g/mol. The third kappa shape index (κ3) is 4.02. The Morgan fingerprint density at radius 1 is 1.38 bits per heavy atom. The fourth-order valence-corrected chi connectivity index (χ4v) is 1.19. The molecule has 1 heterocycles. The fourth-order valence-electron chi connectivity index (χ4n) is 1.19. The normalized spacial score (nSPS) is 12.6. The van der Waals surface area contributed by atoms with Crippen LogP contribution in [0.15, 0.2) is 6.07 Å². The van der Waals surface area contributed by atoms with Crippen molar-refractivity contribution in [3.05, 3.63) is 11.8 Å². The molecule has 0 saturated carbocycles. The largest absolute Gasteiger partial charge is 0.475 e. The summed E-state index contributed by atoms with van der Waals surface area (Å²) in [7, 11) is 0. The van der Waals surface area contributed by atoms with Crippen LogP contribution in [0.2, 0.25) is 0 Å². The third-order valence-electron chi connectivity index (χ3n) is 1.92. The van der Waals surface area contributed by atoms with E-state index in [1.165, 1.54) is 0 Å². The molecule has 0 bridgehead atoms. The van der Waals surface area contributed by atoms with Gasteiger partial charge in [-0.1, -0.05) is 0 Å². The Bertz CT molecular complexity index is 341. The van der Waals surface area contributed by atoms with Crippen LogP contribution in [0, 0.1) is 6.92 Å². The first-order valence-electron chi connectivity index (χ1n) is 5.50. The molecule has 16 heavy (non-hydrogen) atoms. The van der Waals surface area contributed by atoms with Gasteiger partial charge in [-0.25, -0.2) is 4.98 Å². The van der Waals surface area contributed by atoms with Crippen molar-refractivity contribution < 1.29 is 4.74 Å². The standard InChI is InChI=1S/C11H20N4O/c1-7(2)16-10-5-8(3)13-11(15-10)14-9(4)6-12/h5,7,9H,6,12H2,1-4H3,(H,13,14,15). The minimum Gasteiger partial charge on any atom is -0.475 e. The Hall–Kier alpha value is -1.36. The first-order chi connectivity index (χ1) is 7.51. The Morgan fingerprint density at radius 3 is 2.62 bits per heavy atom. The Morgan fingerprint density at radius 2 is 2.06 bits per heavy atom. The molecule has 1 unspecified atom stereocenters. The number of hydrogen-bond donors (Lipinski definition) is 2. The maximum Gasteiger partial charge on any atom is 0.226 e. The molecule has 1 rings (SSSR count). The number of nitrogens with one attached hydrogen (secondary N) is 1. The topological polar surface area (TPSA) is 73.1 Å². The highest BCUT2D eigenvalue weighted by Gasteiger charge is 2.06. The van der Waals surface area contributed by atoms with Crippen molar-refractivity contribution in [2.45, 2.75) is 39.8 Å². The minimum atomic E-state index is 0.106. The number of aryl methyl sites for hydroxylation is 1. The van der Waals surface area contributed by atoms with Crippen LogP contribution in [0.4, 0.5) is 5.95 Å². The lowest BCUT2D eigenvalue weighted by molar-refractivity contribution is 0.232. The van der Waals surface area contributed by atoms with Gasteiger partial charge in [0.15, 0.2) is 0 Å². The second-order valence-corrected chi connectivity index (χ2v) is 4.12. The van der Waals surface area contributed by atoms with Crippen LogP contribution in [0.3, 0.4) is 0 Å². The van der Waals surface area contributed by atoms with E-state index in [-0.39, 0.29) is 12.1 Å². The van der Waals surface area contributed by atoms with Gasteiger partial charge < -0.3 is 15.8 Å². The van der Waals surface area contributed by atoms with Gasteiger partial charge in [-0.2, -0.15) is 4.98 Å². The van der Waals surface area contributed by atoms with Crippen molar-refractivity contribution in [2.75, 3.05) is 11.9 Å². The van der Waals surface area contributed by atoms with Crippen LogP contribution in [0.1, 0.15) is 26.5 Å². The molecule has 3 N–H and O–H groups in total. The smallest absolute Gasteiger partial charge is 0.226 e. The van der Waals surface area contributed by atoms with Gasteiger partial charge in [0.1, 0.15) is 0 Å². The number of nitrogens with zero attached hydrogens (tertiary/aromatic N) is 2. The van der Waals surface area contributed by atoms with E-state index in [4.69, 9.17) is 10.5 Å². The predicted molar refractivity (Wildman–Crippen MR) is 64.7 cm³/mol. The van der Waals surface area contributed by atoms with E-state index >= 15 is 0 Å². The van der Waals surface area contributed by atoms with Gasteiger partial charge in [0, 0.05) is 24.3 Å². The van der Waals surface area contributed by atoms with E-state index in [1.54, 1.807) is 0 Å². The van der Waals surface area contributed by atoms with Crippen LogP contribution in [-0.2, 0) is 0 Å². The van der Waals surface area contributed by atoms with Crippen molar-refractivity contribution in [1.29, 1.82) is 0 Å². The number of aromatic nitrogens is 2. The van der Waals surface area contributed by atoms with E-state index in [2.05, 4.69) is 15.3 Å². The van der Waals surface area contributed by atoms with Crippen LogP contribution in [0.25, 0.3) is 0 Å². The highest BCUT2D eigenvalue weighted by Crippen LogP contribution is 2.13. The van der Waals surface area contributed by atoms with Crippen LogP contribution >= 0.6 is 0 Å². The maximum atomic E-state index is 5.53. The summed E-state index contributed by atoms with van der Waals surface area (Å²) in [6.45, 7) is 8.36. The lowest BCUT2D eigenvalue weighted by atomic mass is 10.3. The second kappa shape index (κ2) is 5.65. The monoisotopic (exact) mass is 224 g/mol. The van der Waals surface area contributed by atoms with Gasteiger partial charge >= 0.3 is 0 Å². The number of rotatable bonds is 5. The summed E-state index contributed by atoms with van der Waals surface area (Å²) in [5.74, 6) is 1.16. The summed E-state index contributed by atoms with van der Waals surface area (Å²) in [5, 5.41) is 3.12. The summed E-state index contributed by atoms with van der Waals surface area (Å²) < 4.78 is 5.53. The molecule has 0 aliphatic heterocycles. The molecule has 0 fully saturated rings. The first kappa shape index (κ1) is 12.7. The Balaban J connectivity index is 2.81. The summed E-state index contributed by atoms with van der Waals surface area (Å²) in [6, 6.07) is 1.96. The molecule has 0 aliphatic carbocycles. The predicted octanol–water partition coefficient (Wildman–Crippen LogP) is 1.33. The van der Waals surface area contributed by atoms with Gasteiger partial charge in [-0.15, -0.1) is 0 Å². The average Bonchev–Trinajstić information content (AvgIpc) is 2.15. The molecule has 0 aromatic carbocycles. The van der Waals surface area contributed by atoms with Crippen molar-refractivity contribution in [1.82, 2.24) is 9.97 Å². The maximum absolute atomic E-state index is 5.53. The van der Waals surface area contributed by atoms with Gasteiger partial charge in [0.2, 0.25) is 11.8 Å². The quantitative estimate of drug-likeness (QED) is 0.789. The highest BCUT2D eigenvalue weighted by atomic mass is 16.5. The summed E-state index contributed by atoms with van der Waals surface area (Å²) in [6.07, 6.45) is 0.106. The molecule has 1 aromatic heterocycles. The fraction of sp³-hybridized carbons (Fsp3) is 0.636. The van der Waals surface area contributed by atoms with Crippen molar-refractivity contribution in [2.24, 2.45) is 5.73 Å². The third-order valence-corrected chi connectivity index (χ3v) is 1.92. The molecule has 90 valence electrons. The molecular formula is C11H20N4O. The second-order valence-electron chi connectivity index (χ2n) is 4.12. The van der Waals surface area contributed by atoms with Crippen LogP contribution in [0.5, 0.6) is 5.88 Å². The van der Waals surface area contributed by atoms with Crippen LogP contribution < -0.4 is 15.8 Å². The van der Waals surface area contributed by atoms with E-state index in [9.17, 15) is 0 Å². The zero-order chi connectivity index (χ0) is 12.1. The van der Waals surface area contributed by atoms with Gasteiger partial charge in [0.05, 0.1) is 6.10 Å². The Kier molecular flexibility index (Phi) is 4.49. The average molecular weight is 224 g/mol. The molecule has 1 atom stereocenters. The lowest BCUT2D eigenvalue weighted by Gasteiger charge is -2.14. The van der Waals surface area contributed by atoms with Crippen molar-refractivity contribution in [3.63, 3.8) is 0 Å². The van der Waals surface area contributed by atoms with Gasteiger partial charge in [0.25, 0.3) is 0 Å². The van der Waals surface area contributed by atoms with Gasteiger partial charge in [-0.3, -0.25) is 0 Å². The first-order valence-corrected chi connectivity index (χ1v) is 5.50. The molecule has 1 aromatic rings. The number of nitrogens with two attached hydrogens (primary N) is 1. The number of hydrogen-bond acceptors (Lipinski definition) is 5. The van der Waals surface area contributed by atoms with Crippen LogP contribution in [-0.4, -0.2) is 28.7 Å². The molecule has 5 nitrogen and oxygen atoms in total. The molecule has 5 heteroatoms. The highest BCUT2D eigenvalue weighted by molar-refractivity contribution is 5.31. The van der Waals surface area contributed by atoms with Crippen molar-refractivity contribution in [3.8, 4) is 5.88 Å². The lowest BCUT2D eigenvalue weighted by Crippen LogP contribution is -2.26. The summed E-state index contributed by atoms with van der Waals surface area (Å²) >= 11 is 0. The minimum absolute atomic E-state index is 0.106. The number of anilines is 1. The molecule has 0 aliphatic rings. The zero-order valence-electron chi connectivity index (χ0n) is 10.3. The number of ether oxygens (including phenoxy) is 1. The molecule has 0 spiro atoms. The Labute approximate surface area is 96.4 Å². The van der Waals surface area contributed by atoms with Gasteiger partial charge in [-0.05, 0) is 27.7 Å². The van der Waals surface area contributed by atoms with E-state index in [0.29, 0.717) is 18.4 Å². The zero-order valence-corrected chi connectivity index (χ0v) is 10.3. The van der Waals surface area contributed by atoms with Crippen molar-refractivity contribution >= 4 is 5.95 Å². The molecule has 0 saturated heterocycles.